The Labute approximate surface area is 112 Å². The quantitative estimate of drug-likeness (QED) is 0.876. The average molecular weight is 269 g/mol. The topological polar surface area (TPSA) is 50.7 Å². The molecule has 1 aromatic rings. The maximum atomic E-state index is 14.3. The van der Waals surface area contributed by atoms with Crippen molar-refractivity contribution in [1.82, 2.24) is 5.32 Å². The summed E-state index contributed by atoms with van der Waals surface area (Å²) in [5.41, 5.74) is -0.592. The van der Waals surface area contributed by atoms with Gasteiger partial charge < -0.3 is 19.9 Å². The van der Waals surface area contributed by atoms with Crippen LogP contribution in [0.2, 0.25) is 0 Å². The van der Waals surface area contributed by atoms with Gasteiger partial charge in [0.25, 0.3) is 0 Å². The van der Waals surface area contributed by atoms with Crippen molar-refractivity contribution in [3.63, 3.8) is 0 Å². The molecule has 106 valence electrons. The van der Waals surface area contributed by atoms with Crippen molar-refractivity contribution < 1.29 is 19.0 Å². The Morgan fingerprint density at radius 2 is 1.89 bits per heavy atom. The van der Waals surface area contributed by atoms with Crippen molar-refractivity contribution in [2.75, 3.05) is 26.8 Å². The van der Waals surface area contributed by atoms with Crippen molar-refractivity contribution in [2.24, 2.45) is 0 Å². The largest absolute Gasteiger partial charge is 0.486 e. The first-order valence-corrected chi connectivity index (χ1v) is 6.39. The first kappa shape index (κ1) is 14.1. The minimum atomic E-state index is -1.56. The van der Waals surface area contributed by atoms with E-state index in [-0.39, 0.29) is 0 Å². The van der Waals surface area contributed by atoms with E-state index in [1.165, 1.54) is 13.8 Å². The van der Waals surface area contributed by atoms with Crippen LogP contribution >= 0.6 is 0 Å². The van der Waals surface area contributed by atoms with Crippen LogP contribution < -0.4 is 14.8 Å². The summed E-state index contributed by atoms with van der Waals surface area (Å²) in [5.74, 6) is 1.09. The second kappa shape index (κ2) is 5.35. The number of hydrogen-bond donors (Lipinski definition) is 2. The number of halogens is 1. The molecule has 1 aliphatic heterocycles. The first-order valence-electron chi connectivity index (χ1n) is 6.39. The van der Waals surface area contributed by atoms with E-state index >= 15 is 0 Å². The lowest BCUT2D eigenvalue weighted by Gasteiger charge is -2.26. The van der Waals surface area contributed by atoms with Crippen LogP contribution in [0, 0.1) is 0 Å². The molecule has 0 spiro atoms. The molecule has 1 aliphatic rings. The molecule has 2 N–H and O–H groups in total. The Morgan fingerprint density at radius 1 is 1.32 bits per heavy atom. The van der Waals surface area contributed by atoms with Crippen LogP contribution in [0.5, 0.6) is 11.5 Å². The average Bonchev–Trinajstić information content (AvgIpc) is 2.36. The van der Waals surface area contributed by atoms with Gasteiger partial charge in [0.2, 0.25) is 0 Å². The van der Waals surface area contributed by atoms with E-state index in [1.54, 1.807) is 19.2 Å². The highest BCUT2D eigenvalue weighted by atomic mass is 19.1. The number of fused-ring (bicyclic) bond motifs is 1. The molecular formula is C14H20FNO3. The molecule has 0 aliphatic carbocycles. The van der Waals surface area contributed by atoms with E-state index in [0.29, 0.717) is 42.4 Å². The normalized spacial score (nSPS) is 16.3. The van der Waals surface area contributed by atoms with Gasteiger partial charge >= 0.3 is 0 Å². The lowest BCUT2D eigenvalue weighted by molar-refractivity contribution is 0.153. The van der Waals surface area contributed by atoms with Gasteiger partial charge in [0.05, 0.1) is 6.10 Å². The van der Waals surface area contributed by atoms with Gasteiger partial charge in [-0.3, -0.25) is 0 Å². The van der Waals surface area contributed by atoms with Gasteiger partial charge in [0.1, 0.15) is 18.9 Å². The van der Waals surface area contributed by atoms with Crippen LogP contribution in [0.1, 0.15) is 31.1 Å². The Bertz CT molecular complexity index is 457. The van der Waals surface area contributed by atoms with E-state index in [9.17, 15) is 9.50 Å². The molecule has 0 radical (unpaired) electrons. The summed E-state index contributed by atoms with van der Waals surface area (Å²) in [6, 6.07) is 3.30. The number of aliphatic hydroxyl groups excluding tert-OH is 1. The molecule has 0 saturated heterocycles. The third-order valence-electron chi connectivity index (χ3n) is 3.11. The molecule has 0 aromatic heterocycles. The molecule has 0 amide bonds. The van der Waals surface area contributed by atoms with Gasteiger partial charge in [-0.2, -0.15) is 0 Å². The van der Waals surface area contributed by atoms with Crippen molar-refractivity contribution in [2.45, 2.75) is 25.6 Å². The Hall–Kier alpha value is -1.33. The van der Waals surface area contributed by atoms with Crippen LogP contribution in [-0.4, -0.2) is 31.9 Å². The zero-order valence-corrected chi connectivity index (χ0v) is 11.5. The predicted molar refractivity (Wildman–Crippen MR) is 70.5 cm³/mol. The first-order chi connectivity index (χ1) is 8.93. The highest BCUT2D eigenvalue weighted by Crippen LogP contribution is 2.40. The van der Waals surface area contributed by atoms with E-state index < -0.39 is 11.8 Å². The number of ether oxygens (including phenoxy) is 2. The second-order valence-corrected chi connectivity index (χ2v) is 5.13. The van der Waals surface area contributed by atoms with Gasteiger partial charge in [-0.1, -0.05) is 0 Å². The fraction of sp³-hybridized carbons (Fsp3) is 0.571. The summed E-state index contributed by atoms with van der Waals surface area (Å²) in [4.78, 5) is 0. The Morgan fingerprint density at radius 3 is 2.42 bits per heavy atom. The van der Waals surface area contributed by atoms with E-state index in [2.05, 4.69) is 5.32 Å². The lowest BCUT2D eigenvalue weighted by atomic mass is 9.91. The molecule has 19 heavy (non-hydrogen) atoms. The van der Waals surface area contributed by atoms with Crippen LogP contribution in [0.15, 0.2) is 12.1 Å². The second-order valence-electron chi connectivity index (χ2n) is 5.13. The number of alkyl halides is 1. The monoisotopic (exact) mass is 269 g/mol. The number of nitrogens with one attached hydrogen (secondary N) is 1. The zero-order valence-electron chi connectivity index (χ0n) is 11.5. The van der Waals surface area contributed by atoms with Gasteiger partial charge in [0.15, 0.2) is 11.5 Å². The van der Waals surface area contributed by atoms with Crippen LogP contribution in [-0.2, 0) is 5.67 Å². The van der Waals surface area contributed by atoms with Crippen LogP contribution in [0.25, 0.3) is 0 Å². The fourth-order valence-corrected chi connectivity index (χ4v) is 2.20. The standard InChI is InChI=1S/C14H20FNO3/c1-14(2,15)10-7-13-12(18-4-5-19-13)6-9(10)11(17)8-16-3/h6-7,11,16-17H,4-5,8H2,1-3H3. The van der Waals surface area contributed by atoms with Crippen molar-refractivity contribution >= 4 is 0 Å². The van der Waals surface area contributed by atoms with E-state index in [1.807, 2.05) is 0 Å². The SMILES string of the molecule is CNCC(O)c1cc2c(cc1C(C)(C)F)OCCO2. The molecule has 0 saturated carbocycles. The number of likely N-dealkylation sites (N-methyl/N-ethyl adjacent to an activating group) is 1. The number of benzene rings is 1. The minimum Gasteiger partial charge on any atom is -0.486 e. The van der Waals surface area contributed by atoms with Gasteiger partial charge in [0, 0.05) is 6.54 Å². The highest BCUT2D eigenvalue weighted by Gasteiger charge is 2.28. The third-order valence-corrected chi connectivity index (χ3v) is 3.11. The summed E-state index contributed by atoms with van der Waals surface area (Å²) in [6.07, 6.45) is -0.786. The minimum absolute atomic E-state index is 0.350. The molecule has 0 bridgehead atoms. The van der Waals surface area contributed by atoms with Crippen molar-refractivity contribution in [3.05, 3.63) is 23.3 Å². The molecule has 1 aromatic carbocycles. The number of rotatable bonds is 4. The summed E-state index contributed by atoms with van der Waals surface area (Å²) < 4.78 is 25.3. The number of hydrogen-bond acceptors (Lipinski definition) is 4. The van der Waals surface area contributed by atoms with E-state index in [4.69, 9.17) is 9.47 Å². The van der Waals surface area contributed by atoms with Crippen molar-refractivity contribution in [3.8, 4) is 11.5 Å². The molecule has 0 fully saturated rings. The molecule has 2 rings (SSSR count). The predicted octanol–water partition coefficient (Wildman–Crippen LogP) is 1.92. The molecule has 1 heterocycles. The third kappa shape index (κ3) is 2.98. The smallest absolute Gasteiger partial charge is 0.161 e. The number of aliphatic hydroxyl groups is 1. The van der Waals surface area contributed by atoms with Crippen LogP contribution in [0.4, 0.5) is 4.39 Å². The molecule has 4 nitrogen and oxygen atoms in total. The maximum absolute atomic E-state index is 14.3. The molecule has 1 atom stereocenters. The summed E-state index contributed by atoms with van der Waals surface area (Å²) in [6.45, 7) is 4.20. The molecule has 1 unspecified atom stereocenters. The van der Waals surface area contributed by atoms with Crippen molar-refractivity contribution in [1.29, 1.82) is 0 Å². The van der Waals surface area contributed by atoms with Crippen LogP contribution in [0.3, 0.4) is 0 Å². The van der Waals surface area contributed by atoms with Gasteiger partial charge in [-0.25, -0.2) is 4.39 Å². The molecular weight excluding hydrogens is 249 g/mol. The van der Waals surface area contributed by atoms with Gasteiger partial charge in [-0.15, -0.1) is 0 Å². The maximum Gasteiger partial charge on any atom is 0.161 e. The zero-order chi connectivity index (χ0) is 14.0. The van der Waals surface area contributed by atoms with E-state index in [0.717, 1.165) is 0 Å². The summed E-state index contributed by atoms with van der Waals surface area (Å²) in [7, 11) is 1.74. The van der Waals surface area contributed by atoms with Gasteiger partial charge in [-0.05, 0) is 44.2 Å². The Kier molecular flexibility index (Phi) is 3.96. The summed E-state index contributed by atoms with van der Waals surface area (Å²) in [5, 5.41) is 13.0. The Balaban J connectivity index is 2.49. The lowest BCUT2D eigenvalue weighted by Crippen LogP contribution is -2.23. The summed E-state index contributed by atoms with van der Waals surface area (Å²) >= 11 is 0. The highest BCUT2D eigenvalue weighted by molar-refractivity contribution is 5.50. The fourth-order valence-electron chi connectivity index (χ4n) is 2.20. The molecule has 5 heteroatoms.